The third-order valence-electron chi connectivity index (χ3n) is 2.80. The molecule has 21 heavy (non-hydrogen) atoms. The summed E-state index contributed by atoms with van der Waals surface area (Å²) in [6.07, 6.45) is 2.45. The molecule has 0 aliphatic rings. The molecule has 0 fully saturated rings. The van der Waals surface area contributed by atoms with Crippen LogP contribution in [0.4, 0.5) is 11.4 Å². The molecule has 0 radical (unpaired) electrons. The summed E-state index contributed by atoms with van der Waals surface area (Å²) in [5, 5.41) is 11.0. The third kappa shape index (κ3) is 4.56. The molecular formula is C11H18N4O4S2. The van der Waals surface area contributed by atoms with Gasteiger partial charge in [-0.25, -0.2) is 13.1 Å². The molecule has 1 aromatic carbocycles. The Kier molecular flexibility index (Phi) is 6.40. The molecule has 10 heteroatoms. The second-order valence-electron chi connectivity index (χ2n) is 4.27. The summed E-state index contributed by atoms with van der Waals surface area (Å²) in [5.41, 5.74) is 2.07. The zero-order chi connectivity index (χ0) is 16.0. The van der Waals surface area contributed by atoms with E-state index in [4.69, 9.17) is 5.84 Å². The van der Waals surface area contributed by atoms with E-state index in [9.17, 15) is 18.5 Å². The van der Waals surface area contributed by atoms with Crippen LogP contribution in [0.3, 0.4) is 0 Å². The van der Waals surface area contributed by atoms with Crippen LogP contribution in [0.2, 0.25) is 0 Å². The lowest BCUT2D eigenvalue weighted by atomic mass is 10.3. The van der Waals surface area contributed by atoms with Crippen molar-refractivity contribution in [1.82, 2.24) is 4.72 Å². The topological polar surface area (TPSA) is 127 Å². The maximum atomic E-state index is 12.4. The highest BCUT2D eigenvalue weighted by atomic mass is 32.2. The van der Waals surface area contributed by atoms with E-state index in [1.54, 1.807) is 0 Å². The van der Waals surface area contributed by atoms with E-state index in [1.807, 2.05) is 13.2 Å². The van der Waals surface area contributed by atoms with Gasteiger partial charge in [0.05, 0.1) is 10.6 Å². The molecule has 1 atom stereocenters. The van der Waals surface area contributed by atoms with Gasteiger partial charge in [0.2, 0.25) is 10.0 Å². The minimum Gasteiger partial charge on any atom is -0.324 e. The van der Waals surface area contributed by atoms with E-state index in [0.717, 1.165) is 12.1 Å². The maximum Gasteiger partial charge on any atom is 0.289 e. The number of nitrogens with two attached hydrogens (primary N) is 1. The summed E-state index contributed by atoms with van der Waals surface area (Å²) in [6.45, 7) is 1.84. The monoisotopic (exact) mass is 334 g/mol. The van der Waals surface area contributed by atoms with Gasteiger partial charge in [0.15, 0.2) is 4.90 Å². The molecule has 0 heterocycles. The van der Waals surface area contributed by atoms with Gasteiger partial charge in [0, 0.05) is 17.9 Å². The zero-order valence-corrected chi connectivity index (χ0v) is 13.3. The number of sulfonamides is 1. The molecule has 4 N–H and O–H groups in total. The van der Waals surface area contributed by atoms with E-state index >= 15 is 0 Å². The SMILES string of the molecule is CCC(CSC)NS(=O)(=O)c1cc(NN)ccc1[N+](=O)[O-]. The van der Waals surface area contributed by atoms with E-state index in [0.29, 0.717) is 12.2 Å². The predicted octanol–water partition coefficient (Wildman–Crippen LogP) is 1.30. The molecule has 8 nitrogen and oxygen atoms in total. The molecule has 118 valence electrons. The van der Waals surface area contributed by atoms with Gasteiger partial charge in [-0.1, -0.05) is 6.92 Å². The average Bonchev–Trinajstić information content (AvgIpc) is 2.45. The first-order chi connectivity index (χ1) is 9.85. The van der Waals surface area contributed by atoms with Crippen LogP contribution in [0.1, 0.15) is 13.3 Å². The molecule has 0 saturated carbocycles. The van der Waals surface area contributed by atoms with Crippen molar-refractivity contribution in [2.45, 2.75) is 24.3 Å². The number of hydrogen-bond acceptors (Lipinski definition) is 7. The van der Waals surface area contributed by atoms with Crippen LogP contribution in [0.15, 0.2) is 23.1 Å². The van der Waals surface area contributed by atoms with Crippen molar-refractivity contribution in [2.75, 3.05) is 17.4 Å². The van der Waals surface area contributed by atoms with Crippen molar-refractivity contribution in [3.05, 3.63) is 28.3 Å². The Balaban J connectivity index is 3.25. The fraction of sp³-hybridized carbons (Fsp3) is 0.455. The number of thioether (sulfide) groups is 1. The molecule has 1 unspecified atom stereocenters. The summed E-state index contributed by atoms with van der Waals surface area (Å²) in [6, 6.07) is 3.31. The molecular weight excluding hydrogens is 316 g/mol. The third-order valence-corrected chi connectivity index (χ3v) is 5.08. The minimum absolute atomic E-state index is 0.277. The quantitative estimate of drug-likeness (QED) is 0.371. The number of nitro benzene ring substituents is 1. The molecule has 0 spiro atoms. The Bertz CT molecular complexity index is 606. The highest BCUT2D eigenvalue weighted by molar-refractivity contribution is 7.98. The summed E-state index contributed by atoms with van der Waals surface area (Å²) < 4.78 is 27.2. The first kappa shape index (κ1) is 17.7. The number of nitrogens with one attached hydrogen (secondary N) is 2. The standard InChI is InChI=1S/C11H18N4O4S2/c1-3-8(7-20-2)14-21(18,19)11-6-9(13-12)4-5-10(11)15(16)17/h4-6,8,13-14H,3,7,12H2,1-2H3. The first-order valence-electron chi connectivity index (χ1n) is 6.12. The van der Waals surface area contributed by atoms with Crippen LogP contribution in [0.25, 0.3) is 0 Å². The smallest absolute Gasteiger partial charge is 0.289 e. The number of benzene rings is 1. The van der Waals surface area contributed by atoms with Crippen molar-refractivity contribution < 1.29 is 13.3 Å². The van der Waals surface area contributed by atoms with E-state index in [-0.39, 0.29) is 11.7 Å². The van der Waals surface area contributed by atoms with Gasteiger partial charge in [0.1, 0.15) is 0 Å². The van der Waals surface area contributed by atoms with Crippen LogP contribution in [0, 0.1) is 10.1 Å². The summed E-state index contributed by atoms with van der Waals surface area (Å²) in [4.78, 5) is 9.87. The largest absolute Gasteiger partial charge is 0.324 e. The second kappa shape index (κ2) is 7.59. The number of nitro groups is 1. The molecule has 0 saturated heterocycles. The van der Waals surface area contributed by atoms with E-state index in [2.05, 4.69) is 10.1 Å². The second-order valence-corrected chi connectivity index (χ2v) is 6.86. The molecule has 0 amide bonds. The molecule has 0 aliphatic heterocycles. The Morgan fingerprint density at radius 2 is 2.14 bits per heavy atom. The normalized spacial score (nSPS) is 12.9. The fourth-order valence-corrected chi connectivity index (χ4v) is 4.03. The van der Waals surface area contributed by atoms with Gasteiger partial charge in [-0.2, -0.15) is 11.8 Å². The summed E-state index contributed by atoms with van der Waals surface area (Å²) in [7, 11) is -4.00. The zero-order valence-electron chi connectivity index (χ0n) is 11.7. The van der Waals surface area contributed by atoms with Crippen molar-refractivity contribution in [2.24, 2.45) is 5.84 Å². The van der Waals surface area contributed by atoms with Crippen molar-refractivity contribution in [3.8, 4) is 0 Å². The Morgan fingerprint density at radius 1 is 1.48 bits per heavy atom. The Labute approximate surface area is 127 Å². The highest BCUT2D eigenvalue weighted by Gasteiger charge is 2.28. The van der Waals surface area contributed by atoms with E-state index in [1.165, 1.54) is 17.8 Å². The lowest BCUT2D eigenvalue weighted by Crippen LogP contribution is -2.36. The molecule has 0 aliphatic carbocycles. The van der Waals surface area contributed by atoms with Gasteiger partial charge in [-0.15, -0.1) is 0 Å². The summed E-state index contributed by atoms with van der Waals surface area (Å²) in [5.74, 6) is 5.81. The summed E-state index contributed by atoms with van der Waals surface area (Å²) >= 11 is 1.50. The van der Waals surface area contributed by atoms with Crippen molar-refractivity contribution in [1.29, 1.82) is 0 Å². The van der Waals surface area contributed by atoms with Crippen LogP contribution in [0.5, 0.6) is 0 Å². The lowest BCUT2D eigenvalue weighted by Gasteiger charge is -2.16. The van der Waals surface area contributed by atoms with Gasteiger partial charge in [-0.05, 0) is 24.8 Å². The number of nitrogens with zero attached hydrogens (tertiary/aromatic N) is 1. The van der Waals surface area contributed by atoms with Crippen LogP contribution >= 0.6 is 11.8 Å². The Hall–Kier alpha value is -1.36. The minimum atomic E-state index is -4.00. The fourth-order valence-electron chi connectivity index (χ4n) is 1.69. The van der Waals surface area contributed by atoms with E-state index < -0.39 is 25.5 Å². The van der Waals surface area contributed by atoms with Crippen molar-refractivity contribution >= 4 is 33.2 Å². The highest BCUT2D eigenvalue weighted by Crippen LogP contribution is 2.27. The maximum absolute atomic E-state index is 12.4. The lowest BCUT2D eigenvalue weighted by molar-refractivity contribution is -0.387. The number of anilines is 1. The Morgan fingerprint density at radius 3 is 2.62 bits per heavy atom. The molecule has 0 aromatic heterocycles. The first-order valence-corrected chi connectivity index (χ1v) is 8.99. The van der Waals surface area contributed by atoms with Crippen LogP contribution in [-0.4, -0.2) is 31.4 Å². The molecule has 1 rings (SSSR count). The molecule has 0 bridgehead atoms. The van der Waals surface area contributed by atoms with Crippen molar-refractivity contribution in [3.63, 3.8) is 0 Å². The molecule has 1 aromatic rings. The number of hydrogen-bond donors (Lipinski definition) is 3. The van der Waals surface area contributed by atoms with Gasteiger partial charge >= 0.3 is 0 Å². The number of nitrogen functional groups attached to an aromatic ring is 1. The predicted molar refractivity (Wildman–Crippen MR) is 83.7 cm³/mol. The average molecular weight is 334 g/mol. The van der Waals surface area contributed by atoms with Gasteiger partial charge < -0.3 is 5.43 Å². The number of rotatable bonds is 8. The van der Waals surface area contributed by atoms with Crippen LogP contribution in [-0.2, 0) is 10.0 Å². The van der Waals surface area contributed by atoms with Crippen LogP contribution < -0.4 is 16.0 Å². The van der Waals surface area contributed by atoms with Gasteiger partial charge in [-0.3, -0.25) is 16.0 Å². The number of hydrazine groups is 1. The van der Waals surface area contributed by atoms with Gasteiger partial charge in [0.25, 0.3) is 5.69 Å².